The van der Waals surface area contributed by atoms with Crippen molar-refractivity contribution in [2.24, 2.45) is 5.41 Å². The Morgan fingerprint density at radius 2 is 1.42 bits per heavy atom. The Morgan fingerprint density at radius 1 is 0.885 bits per heavy atom. The van der Waals surface area contributed by atoms with E-state index < -0.39 is 29.4 Å². The molecule has 9 nitrogen and oxygen atoms in total. The molecule has 2 N–H and O–H groups in total. The van der Waals surface area contributed by atoms with E-state index in [0.29, 0.717) is 13.2 Å². The summed E-state index contributed by atoms with van der Waals surface area (Å²) in [4.78, 5) is 23.6. The van der Waals surface area contributed by atoms with Crippen molar-refractivity contribution in [3.05, 3.63) is 0 Å². The molecule has 0 aliphatic rings. The Bertz CT molecular complexity index is 409. The number of aliphatic carboxylic acids is 2. The van der Waals surface area contributed by atoms with Gasteiger partial charge in [-0.15, -0.1) is 0 Å². The van der Waals surface area contributed by atoms with Crippen LogP contribution in [0.5, 0.6) is 0 Å². The van der Waals surface area contributed by atoms with E-state index in [2.05, 4.69) is 0 Å². The van der Waals surface area contributed by atoms with Gasteiger partial charge in [0.2, 0.25) is 0 Å². The standard InChI is InChI=1S/C17H32O9/c1-5-16(6-2,15(20)21)17(11-14(18)19,12-24-9-7-22-3)26-13-25-10-8-23-4/h5-13H2,1-4H3,(H,18,19)(H,20,21). The van der Waals surface area contributed by atoms with Gasteiger partial charge in [-0.25, -0.2) is 0 Å². The molecule has 0 aliphatic carbocycles. The Balaban J connectivity index is 5.60. The molecule has 26 heavy (non-hydrogen) atoms. The zero-order valence-electron chi connectivity index (χ0n) is 16.1. The molecule has 0 aromatic heterocycles. The third-order valence-electron chi connectivity index (χ3n) is 4.54. The third-order valence-corrected chi connectivity index (χ3v) is 4.54. The van der Waals surface area contributed by atoms with Crippen molar-refractivity contribution in [1.82, 2.24) is 0 Å². The molecule has 9 heteroatoms. The molecule has 0 aliphatic heterocycles. The van der Waals surface area contributed by atoms with Gasteiger partial charge in [-0.2, -0.15) is 0 Å². The average molecular weight is 380 g/mol. The van der Waals surface area contributed by atoms with Crippen LogP contribution in [0.3, 0.4) is 0 Å². The highest BCUT2D eigenvalue weighted by Crippen LogP contribution is 2.44. The smallest absolute Gasteiger partial charge is 0.312 e. The summed E-state index contributed by atoms with van der Waals surface area (Å²) >= 11 is 0. The molecule has 0 amide bonds. The second kappa shape index (κ2) is 13.0. The summed E-state index contributed by atoms with van der Waals surface area (Å²) < 4.78 is 26.4. The number of ether oxygens (including phenoxy) is 5. The zero-order chi connectivity index (χ0) is 20.1. The summed E-state index contributed by atoms with van der Waals surface area (Å²) in [6.07, 6.45) is -0.169. The maximum absolute atomic E-state index is 12.1. The topological polar surface area (TPSA) is 121 Å². The Labute approximate surface area is 154 Å². The van der Waals surface area contributed by atoms with Crippen molar-refractivity contribution in [2.45, 2.75) is 38.7 Å². The minimum absolute atomic E-state index is 0.178. The molecule has 1 atom stereocenters. The summed E-state index contributed by atoms with van der Waals surface area (Å²) in [5, 5.41) is 19.3. The van der Waals surface area contributed by atoms with Gasteiger partial charge < -0.3 is 33.9 Å². The third kappa shape index (κ3) is 6.81. The number of carboxylic acids is 2. The predicted molar refractivity (Wildman–Crippen MR) is 92.1 cm³/mol. The van der Waals surface area contributed by atoms with E-state index in [1.54, 1.807) is 13.8 Å². The molecular weight excluding hydrogens is 348 g/mol. The second-order valence-electron chi connectivity index (χ2n) is 5.87. The van der Waals surface area contributed by atoms with E-state index in [1.807, 2.05) is 0 Å². The van der Waals surface area contributed by atoms with Crippen LogP contribution in [0.15, 0.2) is 0 Å². The highest BCUT2D eigenvalue weighted by Gasteiger charge is 2.57. The maximum atomic E-state index is 12.1. The normalized spacial score (nSPS) is 14.2. The van der Waals surface area contributed by atoms with E-state index in [-0.39, 0.29) is 39.5 Å². The molecule has 0 radical (unpaired) electrons. The summed E-state index contributed by atoms with van der Waals surface area (Å²) in [6.45, 7) is 3.98. The van der Waals surface area contributed by atoms with Crippen molar-refractivity contribution >= 4 is 11.9 Å². The number of carboxylic acid groups (broad SMARTS) is 2. The number of carbonyl (C=O) groups is 2. The van der Waals surface area contributed by atoms with Gasteiger partial charge in [0.15, 0.2) is 0 Å². The van der Waals surface area contributed by atoms with Gasteiger partial charge in [0.25, 0.3) is 0 Å². The number of hydrogen-bond donors (Lipinski definition) is 2. The molecule has 0 fully saturated rings. The molecular formula is C17H32O9. The lowest BCUT2D eigenvalue weighted by Crippen LogP contribution is -2.59. The first kappa shape index (κ1) is 24.7. The van der Waals surface area contributed by atoms with Gasteiger partial charge in [0.1, 0.15) is 12.4 Å². The van der Waals surface area contributed by atoms with Crippen molar-refractivity contribution in [2.75, 3.05) is 54.0 Å². The molecule has 154 valence electrons. The zero-order valence-corrected chi connectivity index (χ0v) is 16.1. The fourth-order valence-corrected chi connectivity index (χ4v) is 2.96. The first-order chi connectivity index (χ1) is 12.4. The largest absolute Gasteiger partial charge is 0.481 e. The Hall–Kier alpha value is -1.26. The molecule has 0 saturated carbocycles. The second-order valence-corrected chi connectivity index (χ2v) is 5.87. The van der Waals surface area contributed by atoms with Gasteiger partial charge in [0, 0.05) is 14.2 Å². The van der Waals surface area contributed by atoms with Gasteiger partial charge in [-0.3, -0.25) is 9.59 Å². The highest BCUT2D eigenvalue weighted by atomic mass is 16.7. The quantitative estimate of drug-likeness (QED) is 0.285. The van der Waals surface area contributed by atoms with E-state index in [9.17, 15) is 19.8 Å². The number of hydrogen-bond acceptors (Lipinski definition) is 7. The first-order valence-electron chi connectivity index (χ1n) is 8.58. The predicted octanol–water partition coefficient (Wildman–Crippen LogP) is 1.39. The maximum Gasteiger partial charge on any atom is 0.312 e. The lowest BCUT2D eigenvalue weighted by atomic mass is 9.66. The Kier molecular flexibility index (Phi) is 12.4. The van der Waals surface area contributed by atoms with Gasteiger partial charge in [-0.05, 0) is 12.8 Å². The van der Waals surface area contributed by atoms with Crippen molar-refractivity contribution in [1.29, 1.82) is 0 Å². The van der Waals surface area contributed by atoms with Gasteiger partial charge in [-0.1, -0.05) is 13.8 Å². The minimum atomic E-state index is -1.59. The minimum Gasteiger partial charge on any atom is -0.481 e. The summed E-state index contributed by atoms with van der Waals surface area (Å²) in [6, 6.07) is 0. The highest BCUT2D eigenvalue weighted by molar-refractivity contribution is 5.79. The molecule has 1 unspecified atom stereocenters. The van der Waals surface area contributed by atoms with Crippen LogP contribution < -0.4 is 0 Å². The van der Waals surface area contributed by atoms with Crippen LogP contribution >= 0.6 is 0 Å². The van der Waals surface area contributed by atoms with Crippen molar-refractivity contribution < 1.29 is 43.5 Å². The summed E-state index contributed by atoms with van der Waals surface area (Å²) in [7, 11) is 3.03. The van der Waals surface area contributed by atoms with E-state index in [0.717, 1.165) is 0 Å². The fourth-order valence-electron chi connectivity index (χ4n) is 2.96. The monoisotopic (exact) mass is 380 g/mol. The lowest BCUT2D eigenvalue weighted by Gasteiger charge is -2.45. The summed E-state index contributed by atoms with van der Waals surface area (Å²) in [5.41, 5.74) is -3.03. The molecule has 0 aromatic rings. The van der Waals surface area contributed by atoms with E-state index >= 15 is 0 Å². The first-order valence-corrected chi connectivity index (χ1v) is 8.58. The van der Waals surface area contributed by atoms with Crippen molar-refractivity contribution in [3.8, 4) is 0 Å². The van der Waals surface area contributed by atoms with Crippen LogP contribution in [0, 0.1) is 5.41 Å². The molecule has 0 rings (SSSR count). The van der Waals surface area contributed by atoms with Crippen LogP contribution in [0.2, 0.25) is 0 Å². The Morgan fingerprint density at radius 3 is 1.85 bits per heavy atom. The molecule has 0 heterocycles. The number of rotatable bonds is 17. The molecule has 0 saturated heterocycles. The van der Waals surface area contributed by atoms with Crippen LogP contribution in [0.25, 0.3) is 0 Å². The summed E-state index contributed by atoms with van der Waals surface area (Å²) in [5.74, 6) is -2.30. The van der Waals surface area contributed by atoms with E-state index in [1.165, 1.54) is 14.2 Å². The van der Waals surface area contributed by atoms with Gasteiger partial charge in [0.05, 0.1) is 44.9 Å². The SMILES string of the molecule is CCC(CC)(C(=O)O)C(COCCOC)(CC(=O)O)OCOCCOC. The van der Waals surface area contributed by atoms with E-state index in [4.69, 9.17) is 23.7 Å². The molecule has 0 aromatic carbocycles. The van der Waals surface area contributed by atoms with Crippen LogP contribution in [-0.4, -0.2) is 81.8 Å². The van der Waals surface area contributed by atoms with Crippen LogP contribution in [0.1, 0.15) is 33.1 Å². The number of methoxy groups -OCH3 is 2. The van der Waals surface area contributed by atoms with Crippen LogP contribution in [0.4, 0.5) is 0 Å². The van der Waals surface area contributed by atoms with Crippen molar-refractivity contribution in [3.63, 3.8) is 0 Å². The van der Waals surface area contributed by atoms with Gasteiger partial charge >= 0.3 is 11.9 Å². The average Bonchev–Trinajstić information content (AvgIpc) is 2.59. The molecule has 0 bridgehead atoms. The molecule has 0 spiro atoms. The fraction of sp³-hybridized carbons (Fsp3) is 0.882. The van der Waals surface area contributed by atoms with Crippen LogP contribution in [-0.2, 0) is 33.3 Å². The lowest BCUT2D eigenvalue weighted by molar-refractivity contribution is -0.232.